The Hall–Kier alpha value is -2.93. The largest absolute Gasteiger partial charge is 0.469 e. The fourth-order valence-corrected chi connectivity index (χ4v) is 3.08. The molecule has 3 aromatic rings. The molecule has 0 fully saturated rings. The number of nitrogens with zero attached hydrogens (tertiary/aromatic N) is 4. The van der Waals surface area contributed by atoms with Gasteiger partial charge in [-0.3, -0.25) is 14.5 Å². The smallest absolute Gasteiger partial charge is 0.230 e. The van der Waals surface area contributed by atoms with Crippen LogP contribution < -0.4 is 0 Å². The molecule has 0 bridgehead atoms. The Bertz CT molecular complexity index is 845. The normalized spacial score (nSPS) is 16.9. The van der Waals surface area contributed by atoms with E-state index in [2.05, 4.69) is 10.1 Å². The molecule has 0 radical (unpaired) electrons. The van der Waals surface area contributed by atoms with E-state index < -0.39 is 0 Å². The van der Waals surface area contributed by atoms with Crippen LogP contribution in [0.4, 0.5) is 0 Å². The van der Waals surface area contributed by atoms with Crippen molar-refractivity contribution in [2.24, 2.45) is 0 Å². The molecule has 4 rings (SSSR count). The molecular weight excluding hydrogens is 332 g/mol. The van der Waals surface area contributed by atoms with Crippen LogP contribution in [-0.4, -0.2) is 38.2 Å². The Kier molecular flexibility index (Phi) is 4.79. The molecule has 1 aliphatic rings. The van der Waals surface area contributed by atoms with Gasteiger partial charge in [-0.2, -0.15) is 5.10 Å². The van der Waals surface area contributed by atoms with E-state index in [1.807, 2.05) is 33.8 Å². The van der Waals surface area contributed by atoms with Crippen LogP contribution in [0.1, 0.15) is 17.0 Å². The predicted octanol–water partition coefficient (Wildman–Crippen LogP) is 2.04. The summed E-state index contributed by atoms with van der Waals surface area (Å²) in [5.74, 6) is 0.689. The van der Waals surface area contributed by atoms with Gasteiger partial charge in [-0.05, 0) is 35.9 Å². The first kappa shape index (κ1) is 16.5. The summed E-state index contributed by atoms with van der Waals surface area (Å²) in [7, 11) is 0. The topological polar surface area (TPSA) is 73.4 Å². The summed E-state index contributed by atoms with van der Waals surface area (Å²) in [5.41, 5.74) is 2.06. The second kappa shape index (κ2) is 7.53. The third kappa shape index (κ3) is 3.83. The first-order valence-corrected chi connectivity index (χ1v) is 8.59. The standard InChI is InChI=1S/C19H20N4O3/c24-19(10-17-2-1-9-25-17)22-11-16-5-8-21-23(16)13-18(12-22)26-14-15-3-6-20-7-4-15/h1-9,18H,10-14H2/t18-/m0/s1. The lowest BCUT2D eigenvalue weighted by Gasteiger charge is -2.24. The number of rotatable bonds is 5. The summed E-state index contributed by atoms with van der Waals surface area (Å²) >= 11 is 0. The van der Waals surface area contributed by atoms with Crippen LogP contribution in [0.25, 0.3) is 0 Å². The summed E-state index contributed by atoms with van der Waals surface area (Å²) in [5, 5.41) is 4.36. The zero-order valence-corrected chi connectivity index (χ0v) is 14.3. The molecule has 7 nitrogen and oxygen atoms in total. The van der Waals surface area contributed by atoms with Crippen molar-refractivity contribution in [3.63, 3.8) is 0 Å². The quantitative estimate of drug-likeness (QED) is 0.703. The molecule has 1 atom stereocenters. The lowest BCUT2D eigenvalue weighted by atomic mass is 10.2. The average Bonchev–Trinajstić information content (AvgIpc) is 3.29. The molecule has 0 aromatic carbocycles. The molecule has 0 saturated heterocycles. The fraction of sp³-hybridized carbons (Fsp3) is 0.316. The van der Waals surface area contributed by atoms with Crippen molar-refractivity contribution in [1.82, 2.24) is 19.7 Å². The van der Waals surface area contributed by atoms with Gasteiger partial charge in [0, 0.05) is 25.1 Å². The van der Waals surface area contributed by atoms with E-state index in [1.54, 1.807) is 30.9 Å². The summed E-state index contributed by atoms with van der Waals surface area (Å²) in [6, 6.07) is 9.41. The van der Waals surface area contributed by atoms with Crippen molar-refractivity contribution in [3.8, 4) is 0 Å². The molecule has 0 spiro atoms. The number of pyridine rings is 1. The van der Waals surface area contributed by atoms with Crippen LogP contribution in [0, 0.1) is 0 Å². The number of fused-ring (bicyclic) bond motifs is 1. The Morgan fingerprint density at radius 1 is 1.19 bits per heavy atom. The van der Waals surface area contributed by atoms with E-state index in [1.165, 1.54) is 0 Å². The van der Waals surface area contributed by atoms with Crippen LogP contribution in [-0.2, 0) is 35.6 Å². The van der Waals surface area contributed by atoms with Gasteiger partial charge in [-0.25, -0.2) is 0 Å². The van der Waals surface area contributed by atoms with Crippen molar-refractivity contribution >= 4 is 5.91 Å². The van der Waals surface area contributed by atoms with Crippen LogP contribution >= 0.6 is 0 Å². The highest BCUT2D eigenvalue weighted by Gasteiger charge is 2.26. The number of aromatic nitrogens is 3. The molecule has 26 heavy (non-hydrogen) atoms. The zero-order valence-electron chi connectivity index (χ0n) is 14.3. The Labute approximate surface area is 151 Å². The fourth-order valence-electron chi connectivity index (χ4n) is 3.08. The van der Waals surface area contributed by atoms with E-state index in [4.69, 9.17) is 9.15 Å². The van der Waals surface area contributed by atoms with E-state index >= 15 is 0 Å². The maximum Gasteiger partial charge on any atom is 0.230 e. The Morgan fingerprint density at radius 3 is 2.88 bits per heavy atom. The van der Waals surface area contributed by atoms with Gasteiger partial charge in [0.05, 0.1) is 44.2 Å². The van der Waals surface area contributed by atoms with Crippen molar-refractivity contribution in [2.45, 2.75) is 32.2 Å². The van der Waals surface area contributed by atoms with Crippen LogP contribution in [0.3, 0.4) is 0 Å². The van der Waals surface area contributed by atoms with Gasteiger partial charge in [0.25, 0.3) is 0 Å². The van der Waals surface area contributed by atoms with Gasteiger partial charge in [0.1, 0.15) is 5.76 Å². The minimum absolute atomic E-state index is 0.0205. The first-order valence-electron chi connectivity index (χ1n) is 8.59. The van der Waals surface area contributed by atoms with Crippen molar-refractivity contribution in [1.29, 1.82) is 0 Å². The summed E-state index contributed by atoms with van der Waals surface area (Å²) in [6.07, 6.45) is 6.95. The third-order valence-corrected chi connectivity index (χ3v) is 4.45. The third-order valence-electron chi connectivity index (χ3n) is 4.45. The highest BCUT2D eigenvalue weighted by molar-refractivity contribution is 5.78. The SMILES string of the molecule is O=C(Cc1ccco1)N1Cc2ccnn2C[C@@H](OCc2ccncc2)C1. The molecule has 1 aliphatic heterocycles. The van der Waals surface area contributed by atoms with Crippen molar-refractivity contribution in [3.05, 3.63) is 72.2 Å². The Balaban J connectivity index is 1.47. The number of carbonyl (C=O) groups is 1. The minimum atomic E-state index is -0.134. The summed E-state index contributed by atoms with van der Waals surface area (Å²) in [4.78, 5) is 18.6. The van der Waals surface area contributed by atoms with Gasteiger partial charge < -0.3 is 14.1 Å². The number of hydrogen-bond donors (Lipinski definition) is 0. The number of ether oxygens (including phenoxy) is 1. The number of furan rings is 1. The monoisotopic (exact) mass is 352 g/mol. The van der Waals surface area contributed by atoms with Gasteiger partial charge >= 0.3 is 0 Å². The van der Waals surface area contributed by atoms with Crippen molar-refractivity contribution in [2.75, 3.05) is 6.54 Å². The highest BCUT2D eigenvalue weighted by Crippen LogP contribution is 2.16. The maximum atomic E-state index is 12.7. The number of amides is 1. The van der Waals surface area contributed by atoms with E-state index in [0.717, 1.165) is 11.3 Å². The van der Waals surface area contributed by atoms with Gasteiger partial charge in [-0.1, -0.05) is 0 Å². The molecule has 1 amide bonds. The second-order valence-corrected chi connectivity index (χ2v) is 6.32. The van der Waals surface area contributed by atoms with Crippen molar-refractivity contribution < 1.29 is 13.9 Å². The molecule has 3 aromatic heterocycles. The number of hydrogen-bond acceptors (Lipinski definition) is 5. The predicted molar refractivity (Wildman–Crippen MR) is 92.9 cm³/mol. The van der Waals surface area contributed by atoms with E-state index in [0.29, 0.717) is 32.0 Å². The maximum absolute atomic E-state index is 12.7. The van der Waals surface area contributed by atoms with Gasteiger partial charge in [0.2, 0.25) is 5.91 Å². The molecule has 0 saturated carbocycles. The van der Waals surface area contributed by atoms with Gasteiger partial charge in [0.15, 0.2) is 0 Å². The van der Waals surface area contributed by atoms with E-state index in [9.17, 15) is 4.79 Å². The van der Waals surface area contributed by atoms with Crippen LogP contribution in [0.15, 0.2) is 59.6 Å². The lowest BCUT2D eigenvalue weighted by molar-refractivity contribution is -0.133. The minimum Gasteiger partial charge on any atom is -0.469 e. The second-order valence-electron chi connectivity index (χ2n) is 6.32. The molecular formula is C19H20N4O3. The van der Waals surface area contributed by atoms with E-state index in [-0.39, 0.29) is 18.4 Å². The van der Waals surface area contributed by atoms with Gasteiger partial charge in [-0.15, -0.1) is 0 Å². The van der Waals surface area contributed by atoms with Crippen LogP contribution in [0.2, 0.25) is 0 Å². The molecule has 0 unspecified atom stereocenters. The van der Waals surface area contributed by atoms with Crippen LogP contribution in [0.5, 0.6) is 0 Å². The number of carbonyl (C=O) groups excluding carboxylic acids is 1. The summed E-state index contributed by atoms with van der Waals surface area (Å²) in [6.45, 7) is 2.14. The lowest BCUT2D eigenvalue weighted by Crippen LogP contribution is -2.38. The molecule has 4 heterocycles. The molecule has 134 valence electrons. The molecule has 7 heteroatoms. The highest BCUT2D eigenvalue weighted by atomic mass is 16.5. The summed E-state index contributed by atoms with van der Waals surface area (Å²) < 4.78 is 13.3. The molecule has 0 aliphatic carbocycles. The Morgan fingerprint density at radius 2 is 2.08 bits per heavy atom. The average molecular weight is 352 g/mol. The first-order chi connectivity index (χ1) is 12.8. The molecule has 0 N–H and O–H groups in total. The zero-order chi connectivity index (χ0) is 17.8.